The van der Waals surface area contributed by atoms with Gasteiger partial charge in [-0.1, -0.05) is 12.8 Å². The first-order valence-electron chi connectivity index (χ1n) is 9.55. The van der Waals surface area contributed by atoms with Crippen LogP contribution >= 0.6 is 0 Å². The number of nitrogens with zero attached hydrogens (tertiary/aromatic N) is 2. The molecule has 3 fully saturated rings. The highest BCUT2D eigenvalue weighted by Gasteiger charge is 2.45. The molecule has 1 unspecified atom stereocenters. The molecule has 2 heterocycles. The molecule has 1 aliphatic carbocycles. The van der Waals surface area contributed by atoms with Crippen LogP contribution < -0.4 is 0 Å². The van der Waals surface area contributed by atoms with Gasteiger partial charge in [-0.2, -0.15) is 4.31 Å². The highest BCUT2D eigenvalue weighted by molar-refractivity contribution is 7.89. The molecule has 138 valence electrons. The van der Waals surface area contributed by atoms with Crippen molar-refractivity contribution >= 4 is 10.0 Å². The average molecular weight is 367 g/mol. The van der Waals surface area contributed by atoms with Gasteiger partial charge in [-0.25, -0.2) is 12.8 Å². The minimum Gasteiger partial charge on any atom is -0.300 e. The van der Waals surface area contributed by atoms with Gasteiger partial charge in [-0.3, -0.25) is 4.90 Å². The third kappa shape index (κ3) is 3.36. The first-order chi connectivity index (χ1) is 12.1. The molecule has 0 radical (unpaired) electrons. The first kappa shape index (κ1) is 17.4. The van der Waals surface area contributed by atoms with E-state index in [2.05, 4.69) is 4.90 Å². The van der Waals surface area contributed by atoms with Crippen LogP contribution in [0.4, 0.5) is 4.39 Å². The molecule has 0 spiro atoms. The summed E-state index contributed by atoms with van der Waals surface area (Å²) in [6.45, 7) is 3.56. The maximum Gasteiger partial charge on any atom is 0.243 e. The first-order valence-corrected chi connectivity index (χ1v) is 11.0. The number of piperidine rings is 2. The van der Waals surface area contributed by atoms with E-state index >= 15 is 0 Å². The summed E-state index contributed by atoms with van der Waals surface area (Å²) in [5, 5.41) is 0. The van der Waals surface area contributed by atoms with Gasteiger partial charge in [0, 0.05) is 19.1 Å². The van der Waals surface area contributed by atoms with E-state index in [0.29, 0.717) is 31.0 Å². The zero-order chi connectivity index (χ0) is 17.4. The lowest BCUT2D eigenvalue weighted by atomic mass is 9.73. The second-order valence-electron chi connectivity index (χ2n) is 7.81. The molecule has 0 amide bonds. The second kappa shape index (κ2) is 6.97. The van der Waals surface area contributed by atoms with E-state index in [0.717, 1.165) is 12.8 Å². The van der Waals surface area contributed by atoms with Crippen molar-refractivity contribution in [3.05, 3.63) is 30.1 Å². The molecular weight excluding hydrogens is 339 g/mol. The molecule has 1 saturated carbocycles. The monoisotopic (exact) mass is 366 g/mol. The van der Waals surface area contributed by atoms with Crippen LogP contribution in [0.2, 0.25) is 0 Å². The molecule has 2 saturated heterocycles. The Balaban J connectivity index is 1.55. The van der Waals surface area contributed by atoms with E-state index in [1.165, 1.54) is 63.0 Å². The van der Waals surface area contributed by atoms with Crippen molar-refractivity contribution in [2.24, 2.45) is 11.8 Å². The van der Waals surface area contributed by atoms with Crippen LogP contribution in [0.3, 0.4) is 0 Å². The highest BCUT2D eigenvalue weighted by atomic mass is 32.2. The van der Waals surface area contributed by atoms with Crippen molar-refractivity contribution < 1.29 is 12.8 Å². The fraction of sp³-hybridized carbons (Fsp3) is 0.684. The Hall–Kier alpha value is -0.980. The minimum absolute atomic E-state index is 0.211. The van der Waals surface area contributed by atoms with E-state index in [4.69, 9.17) is 0 Å². The number of halogens is 1. The lowest BCUT2D eigenvalue weighted by molar-refractivity contribution is -0.00311. The molecule has 2 bridgehead atoms. The number of hydrogen-bond acceptors (Lipinski definition) is 3. The van der Waals surface area contributed by atoms with Crippen LogP contribution in [-0.2, 0) is 10.0 Å². The Kier molecular flexibility index (Phi) is 4.86. The SMILES string of the molecule is O=S(=O)(c1ccc(F)cc1)N1C[C@H]2CCC[C@@H](C1)C2N1CCCCC1. The number of fused-ring (bicyclic) bond motifs is 2. The van der Waals surface area contributed by atoms with Gasteiger partial charge in [-0.05, 0) is 74.9 Å². The van der Waals surface area contributed by atoms with E-state index in [1.54, 1.807) is 4.31 Å². The fourth-order valence-corrected chi connectivity index (χ4v) is 6.68. The van der Waals surface area contributed by atoms with Crippen LogP contribution in [0.1, 0.15) is 38.5 Å². The topological polar surface area (TPSA) is 40.6 Å². The van der Waals surface area contributed by atoms with Crippen LogP contribution in [0, 0.1) is 17.7 Å². The summed E-state index contributed by atoms with van der Waals surface area (Å²) in [5.74, 6) is 0.460. The molecule has 25 heavy (non-hydrogen) atoms. The Morgan fingerprint density at radius 1 is 0.880 bits per heavy atom. The Morgan fingerprint density at radius 2 is 1.48 bits per heavy atom. The molecule has 0 N–H and O–H groups in total. The molecule has 4 rings (SSSR count). The van der Waals surface area contributed by atoms with Crippen molar-refractivity contribution in [3.8, 4) is 0 Å². The lowest BCUT2D eigenvalue weighted by Crippen LogP contribution is -2.59. The van der Waals surface area contributed by atoms with Crippen molar-refractivity contribution in [3.63, 3.8) is 0 Å². The van der Waals surface area contributed by atoms with Gasteiger partial charge in [-0.15, -0.1) is 0 Å². The quantitative estimate of drug-likeness (QED) is 0.825. The van der Waals surface area contributed by atoms with E-state index in [-0.39, 0.29) is 4.90 Å². The van der Waals surface area contributed by atoms with Gasteiger partial charge in [0.1, 0.15) is 5.82 Å². The van der Waals surface area contributed by atoms with E-state index < -0.39 is 15.8 Å². The summed E-state index contributed by atoms with van der Waals surface area (Å²) >= 11 is 0. The van der Waals surface area contributed by atoms with Gasteiger partial charge >= 0.3 is 0 Å². The number of sulfonamides is 1. The van der Waals surface area contributed by atoms with Crippen LogP contribution in [0.25, 0.3) is 0 Å². The molecular formula is C19H27FN2O2S. The van der Waals surface area contributed by atoms with Crippen molar-refractivity contribution in [2.45, 2.75) is 49.5 Å². The Morgan fingerprint density at radius 3 is 2.08 bits per heavy atom. The Labute approximate surface area is 150 Å². The average Bonchev–Trinajstić information content (AvgIpc) is 2.61. The number of likely N-dealkylation sites (tertiary alicyclic amines) is 1. The smallest absolute Gasteiger partial charge is 0.243 e. The largest absolute Gasteiger partial charge is 0.300 e. The third-order valence-electron chi connectivity index (χ3n) is 6.26. The summed E-state index contributed by atoms with van der Waals surface area (Å²) in [5.41, 5.74) is 0. The second-order valence-corrected chi connectivity index (χ2v) is 9.75. The molecule has 3 atom stereocenters. The van der Waals surface area contributed by atoms with E-state index in [1.807, 2.05) is 0 Å². The normalized spacial score (nSPS) is 31.8. The van der Waals surface area contributed by atoms with Crippen LogP contribution in [0.5, 0.6) is 0 Å². The fourth-order valence-electron chi connectivity index (χ4n) is 5.13. The zero-order valence-corrected chi connectivity index (χ0v) is 15.4. The summed E-state index contributed by atoms with van der Waals surface area (Å²) in [4.78, 5) is 2.85. The van der Waals surface area contributed by atoms with Gasteiger partial charge in [0.05, 0.1) is 4.90 Å². The van der Waals surface area contributed by atoms with Gasteiger partial charge in [0.15, 0.2) is 0 Å². The van der Waals surface area contributed by atoms with Crippen molar-refractivity contribution in [1.82, 2.24) is 9.21 Å². The summed E-state index contributed by atoms with van der Waals surface area (Å²) < 4.78 is 40.8. The number of hydrogen-bond donors (Lipinski definition) is 0. The lowest BCUT2D eigenvalue weighted by Gasteiger charge is -2.52. The molecule has 6 heteroatoms. The standard InChI is InChI=1S/C19H27FN2O2S/c20-17-7-9-18(10-8-17)25(23,24)22-13-15-5-4-6-16(14-22)19(15)21-11-2-1-3-12-21/h7-10,15-16,19H,1-6,11-14H2/t15-,16+,19?. The minimum atomic E-state index is -3.53. The molecule has 3 aliphatic rings. The Bertz CT molecular complexity index is 687. The highest BCUT2D eigenvalue weighted by Crippen LogP contribution is 2.40. The van der Waals surface area contributed by atoms with Gasteiger partial charge in [0.2, 0.25) is 10.0 Å². The number of benzene rings is 1. The van der Waals surface area contributed by atoms with Crippen LogP contribution in [0.15, 0.2) is 29.2 Å². The summed E-state index contributed by atoms with van der Waals surface area (Å²) in [7, 11) is -3.53. The molecule has 1 aromatic carbocycles. The molecule has 1 aromatic rings. The van der Waals surface area contributed by atoms with Crippen molar-refractivity contribution in [2.75, 3.05) is 26.2 Å². The molecule has 2 aliphatic heterocycles. The third-order valence-corrected chi connectivity index (χ3v) is 8.10. The van der Waals surface area contributed by atoms with Gasteiger partial charge < -0.3 is 0 Å². The summed E-state index contributed by atoms with van der Waals surface area (Å²) in [6.07, 6.45) is 7.31. The van der Waals surface area contributed by atoms with Crippen LogP contribution in [-0.4, -0.2) is 49.8 Å². The molecule has 4 nitrogen and oxygen atoms in total. The maximum absolute atomic E-state index is 13.1. The van der Waals surface area contributed by atoms with E-state index in [9.17, 15) is 12.8 Å². The number of rotatable bonds is 3. The van der Waals surface area contributed by atoms with Gasteiger partial charge in [0.25, 0.3) is 0 Å². The van der Waals surface area contributed by atoms with Crippen molar-refractivity contribution in [1.29, 1.82) is 0 Å². The summed E-state index contributed by atoms with van der Waals surface area (Å²) in [6, 6.07) is 5.78. The predicted octanol–water partition coefficient (Wildman–Crippen LogP) is 3.10. The maximum atomic E-state index is 13.1. The zero-order valence-electron chi connectivity index (χ0n) is 14.6. The predicted molar refractivity (Wildman–Crippen MR) is 95.2 cm³/mol. The molecule has 0 aromatic heterocycles.